The van der Waals surface area contributed by atoms with Gasteiger partial charge in [-0.25, -0.2) is 0 Å². The third-order valence-electron chi connectivity index (χ3n) is 4.08. The molecule has 0 amide bonds. The molecule has 24 heavy (non-hydrogen) atoms. The molecule has 1 aliphatic heterocycles. The number of hydrogen-bond donors (Lipinski definition) is 2. The Morgan fingerprint density at radius 2 is 1.96 bits per heavy atom. The van der Waals surface area contributed by atoms with Gasteiger partial charge in [-0.2, -0.15) is 0 Å². The predicted molar refractivity (Wildman–Crippen MR) is 92.4 cm³/mol. The van der Waals surface area contributed by atoms with E-state index in [9.17, 15) is 4.79 Å². The molecule has 1 aliphatic rings. The van der Waals surface area contributed by atoms with Crippen LogP contribution in [0.1, 0.15) is 16.8 Å². The minimum Gasteiger partial charge on any atom is -0.379 e. The van der Waals surface area contributed by atoms with Crippen molar-refractivity contribution in [3.63, 3.8) is 0 Å². The van der Waals surface area contributed by atoms with Gasteiger partial charge in [0.15, 0.2) is 0 Å². The first kappa shape index (κ1) is 16.6. The Hall–Kier alpha value is -2.25. The second kappa shape index (κ2) is 8.03. The van der Waals surface area contributed by atoms with Crippen molar-refractivity contribution in [1.82, 2.24) is 20.1 Å². The van der Waals surface area contributed by atoms with E-state index in [0.717, 1.165) is 38.4 Å². The van der Waals surface area contributed by atoms with Gasteiger partial charge in [0.05, 0.1) is 13.2 Å². The van der Waals surface area contributed by atoms with Crippen molar-refractivity contribution in [2.45, 2.75) is 13.3 Å². The number of nitrogens with one attached hydrogen (secondary N) is 2. The Labute approximate surface area is 141 Å². The largest absolute Gasteiger partial charge is 0.379 e. The van der Waals surface area contributed by atoms with Crippen LogP contribution in [0.5, 0.6) is 0 Å². The lowest BCUT2D eigenvalue weighted by atomic mass is 10.1. The molecule has 0 radical (unpaired) electrons. The second-order valence-electron chi connectivity index (χ2n) is 5.99. The normalized spacial score (nSPS) is 15.4. The number of aryl methyl sites for hydroxylation is 1. The standard InChI is InChI=1S/C17H23N5O2/c1-13-2-4-14(5-3-13)12-15-16(23)19-17(21-20-15)18-6-7-22-8-10-24-11-9-22/h2-5H,6-12H2,1H3,(H2,18,19,21,23). The Kier molecular flexibility index (Phi) is 5.55. The average molecular weight is 329 g/mol. The van der Waals surface area contributed by atoms with Gasteiger partial charge in [-0.3, -0.25) is 14.7 Å². The maximum absolute atomic E-state index is 12.2. The average Bonchev–Trinajstić information content (AvgIpc) is 2.60. The lowest BCUT2D eigenvalue weighted by molar-refractivity contribution is 0.0398. The number of ether oxygens (including phenoxy) is 1. The van der Waals surface area contributed by atoms with Crippen molar-refractivity contribution in [2.75, 3.05) is 44.7 Å². The van der Waals surface area contributed by atoms with E-state index in [1.807, 2.05) is 31.2 Å². The first-order valence-corrected chi connectivity index (χ1v) is 8.26. The lowest BCUT2D eigenvalue weighted by Crippen LogP contribution is -2.39. The summed E-state index contributed by atoms with van der Waals surface area (Å²) in [5.74, 6) is 0.418. The smallest absolute Gasteiger partial charge is 0.274 e. The first-order chi connectivity index (χ1) is 11.7. The number of aromatic amines is 1. The molecule has 0 atom stereocenters. The van der Waals surface area contributed by atoms with E-state index in [0.29, 0.717) is 24.6 Å². The van der Waals surface area contributed by atoms with Crippen LogP contribution in [0.15, 0.2) is 29.1 Å². The van der Waals surface area contributed by atoms with Crippen LogP contribution >= 0.6 is 0 Å². The molecule has 1 fully saturated rings. The molecular weight excluding hydrogens is 306 g/mol. The Balaban J connectivity index is 1.54. The zero-order valence-electron chi connectivity index (χ0n) is 13.9. The number of morpholine rings is 1. The predicted octanol–water partition coefficient (Wildman–Crippen LogP) is 0.808. The van der Waals surface area contributed by atoms with Crippen molar-refractivity contribution in [1.29, 1.82) is 0 Å². The zero-order chi connectivity index (χ0) is 16.8. The van der Waals surface area contributed by atoms with Crippen LogP contribution < -0.4 is 10.9 Å². The Morgan fingerprint density at radius 3 is 2.67 bits per heavy atom. The number of hydrogen-bond acceptors (Lipinski definition) is 6. The summed E-state index contributed by atoms with van der Waals surface area (Å²) >= 11 is 0. The van der Waals surface area contributed by atoms with E-state index in [2.05, 4.69) is 25.4 Å². The summed E-state index contributed by atoms with van der Waals surface area (Å²) < 4.78 is 5.32. The summed E-state index contributed by atoms with van der Waals surface area (Å²) in [4.78, 5) is 17.2. The van der Waals surface area contributed by atoms with E-state index in [4.69, 9.17) is 4.74 Å². The van der Waals surface area contributed by atoms with Gasteiger partial charge in [0.25, 0.3) is 5.56 Å². The Morgan fingerprint density at radius 1 is 1.21 bits per heavy atom. The summed E-state index contributed by atoms with van der Waals surface area (Å²) in [6.45, 7) is 7.08. The van der Waals surface area contributed by atoms with Gasteiger partial charge in [0, 0.05) is 32.6 Å². The quantitative estimate of drug-likeness (QED) is 0.816. The number of benzene rings is 1. The molecule has 2 N–H and O–H groups in total. The minimum atomic E-state index is -0.195. The molecule has 0 unspecified atom stereocenters. The summed E-state index contributed by atoms with van der Waals surface area (Å²) in [5.41, 5.74) is 2.48. The third kappa shape index (κ3) is 4.62. The molecule has 3 rings (SSSR count). The maximum atomic E-state index is 12.2. The van der Waals surface area contributed by atoms with E-state index < -0.39 is 0 Å². The zero-order valence-corrected chi connectivity index (χ0v) is 13.9. The van der Waals surface area contributed by atoms with Crippen LogP contribution in [-0.2, 0) is 11.2 Å². The van der Waals surface area contributed by atoms with E-state index in [-0.39, 0.29) is 5.56 Å². The molecule has 7 nitrogen and oxygen atoms in total. The van der Waals surface area contributed by atoms with Gasteiger partial charge < -0.3 is 10.1 Å². The summed E-state index contributed by atoms with van der Waals surface area (Å²) in [6.07, 6.45) is 0.483. The molecule has 1 aromatic carbocycles. The number of anilines is 1. The Bertz CT molecular complexity index is 708. The van der Waals surface area contributed by atoms with Crippen LogP contribution in [0.4, 0.5) is 5.95 Å². The lowest BCUT2D eigenvalue weighted by Gasteiger charge is -2.26. The van der Waals surface area contributed by atoms with Crippen LogP contribution in [0.2, 0.25) is 0 Å². The summed E-state index contributed by atoms with van der Waals surface area (Å²) in [5, 5.41) is 11.3. The van der Waals surface area contributed by atoms with Crippen LogP contribution in [0.3, 0.4) is 0 Å². The van der Waals surface area contributed by atoms with E-state index in [1.54, 1.807) is 0 Å². The molecule has 0 spiro atoms. The molecule has 7 heteroatoms. The second-order valence-corrected chi connectivity index (χ2v) is 5.99. The van der Waals surface area contributed by atoms with Gasteiger partial charge in [-0.05, 0) is 12.5 Å². The number of rotatable bonds is 6. The highest BCUT2D eigenvalue weighted by atomic mass is 16.5. The molecule has 0 aliphatic carbocycles. The molecule has 2 aromatic rings. The summed E-state index contributed by atoms with van der Waals surface area (Å²) in [6, 6.07) is 8.06. The van der Waals surface area contributed by atoms with Crippen LogP contribution in [0.25, 0.3) is 0 Å². The molecule has 0 saturated carbocycles. The van der Waals surface area contributed by atoms with Gasteiger partial charge in [0.1, 0.15) is 5.69 Å². The molecule has 1 aromatic heterocycles. The van der Waals surface area contributed by atoms with E-state index >= 15 is 0 Å². The van der Waals surface area contributed by atoms with Gasteiger partial charge in [0.2, 0.25) is 5.95 Å². The number of aromatic nitrogens is 3. The van der Waals surface area contributed by atoms with Gasteiger partial charge >= 0.3 is 0 Å². The van der Waals surface area contributed by atoms with Crippen molar-refractivity contribution in [2.24, 2.45) is 0 Å². The minimum absolute atomic E-state index is 0.195. The molecular formula is C17H23N5O2. The highest BCUT2D eigenvalue weighted by molar-refractivity contribution is 5.26. The van der Waals surface area contributed by atoms with E-state index in [1.165, 1.54) is 5.56 Å². The van der Waals surface area contributed by atoms with Crippen LogP contribution in [0, 0.1) is 6.92 Å². The fourth-order valence-corrected chi connectivity index (χ4v) is 2.61. The SMILES string of the molecule is Cc1ccc(Cc2nnc(NCCN3CCOCC3)[nH]c2=O)cc1. The maximum Gasteiger partial charge on any atom is 0.274 e. The highest BCUT2D eigenvalue weighted by Crippen LogP contribution is 2.06. The van der Waals surface area contributed by atoms with Crippen LogP contribution in [-0.4, -0.2) is 59.5 Å². The monoisotopic (exact) mass is 329 g/mol. The third-order valence-corrected chi connectivity index (χ3v) is 4.08. The van der Waals surface area contributed by atoms with Crippen molar-refractivity contribution in [3.8, 4) is 0 Å². The fourth-order valence-electron chi connectivity index (χ4n) is 2.61. The van der Waals surface area contributed by atoms with Crippen molar-refractivity contribution in [3.05, 3.63) is 51.4 Å². The number of nitrogens with zero attached hydrogens (tertiary/aromatic N) is 3. The van der Waals surface area contributed by atoms with Gasteiger partial charge in [-0.1, -0.05) is 29.8 Å². The van der Waals surface area contributed by atoms with Crippen molar-refractivity contribution >= 4 is 5.95 Å². The summed E-state index contributed by atoms with van der Waals surface area (Å²) in [7, 11) is 0. The fraction of sp³-hybridized carbons (Fsp3) is 0.471. The molecule has 1 saturated heterocycles. The number of H-pyrrole nitrogens is 1. The van der Waals surface area contributed by atoms with Crippen molar-refractivity contribution < 1.29 is 4.74 Å². The highest BCUT2D eigenvalue weighted by Gasteiger charge is 2.10. The van der Waals surface area contributed by atoms with Gasteiger partial charge in [-0.15, -0.1) is 10.2 Å². The first-order valence-electron chi connectivity index (χ1n) is 8.26. The topological polar surface area (TPSA) is 83.1 Å². The molecule has 0 bridgehead atoms. The molecule has 2 heterocycles. The molecule has 128 valence electrons.